The number of nitrogens with zero attached hydrogens (tertiary/aromatic N) is 1. The van der Waals surface area contributed by atoms with Gasteiger partial charge in [0.1, 0.15) is 0 Å². The summed E-state index contributed by atoms with van der Waals surface area (Å²) in [6.45, 7) is 2.55. The van der Waals surface area contributed by atoms with Crippen LogP contribution in [0.3, 0.4) is 0 Å². The quantitative estimate of drug-likeness (QED) is 0.889. The third-order valence-corrected chi connectivity index (χ3v) is 3.41. The second-order valence-electron chi connectivity index (χ2n) is 4.91. The maximum absolute atomic E-state index is 9.25. The average Bonchev–Trinajstić information content (AvgIpc) is 2.39. The lowest BCUT2D eigenvalue weighted by Gasteiger charge is -2.35. The first kappa shape index (κ1) is 11.5. The van der Waals surface area contributed by atoms with Gasteiger partial charge in [-0.15, -0.1) is 0 Å². The van der Waals surface area contributed by atoms with E-state index in [1.807, 2.05) is 6.07 Å². The molecular weight excluding hydrogens is 222 g/mol. The van der Waals surface area contributed by atoms with Gasteiger partial charge in [-0.05, 0) is 16.7 Å². The van der Waals surface area contributed by atoms with Crippen molar-refractivity contribution in [3.63, 3.8) is 0 Å². The van der Waals surface area contributed by atoms with Crippen LogP contribution in [0.4, 0.5) is 0 Å². The number of likely N-dealkylation sites (tertiary alicyclic amines) is 1. The smallest absolute Gasteiger partial charge is 0.0794 e. The summed E-state index contributed by atoms with van der Waals surface area (Å²) in [5, 5.41) is 9.25. The molecular formula is C16H17NO. The zero-order chi connectivity index (χ0) is 12.4. The van der Waals surface area contributed by atoms with Crippen molar-refractivity contribution in [1.82, 2.24) is 4.90 Å². The van der Waals surface area contributed by atoms with Crippen LogP contribution in [0, 0.1) is 0 Å². The van der Waals surface area contributed by atoms with E-state index in [1.54, 1.807) is 0 Å². The predicted molar refractivity (Wildman–Crippen MR) is 73.2 cm³/mol. The minimum atomic E-state index is -0.117. The molecule has 0 atom stereocenters. The first-order valence-electron chi connectivity index (χ1n) is 6.36. The third-order valence-electron chi connectivity index (χ3n) is 3.41. The van der Waals surface area contributed by atoms with Gasteiger partial charge < -0.3 is 5.11 Å². The molecule has 1 aliphatic heterocycles. The predicted octanol–water partition coefficient (Wildman–Crippen LogP) is 2.53. The van der Waals surface area contributed by atoms with E-state index in [2.05, 4.69) is 53.4 Å². The monoisotopic (exact) mass is 239 g/mol. The molecule has 0 amide bonds. The van der Waals surface area contributed by atoms with Crippen molar-refractivity contribution in [3.05, 3.63) is 60.2 Å². The number of benzene rings is 2. The Labute approximate surface area is 107 Å². The molecule has 1 fully saturated rings. The Morgan fingerprint density at radius 3 is 2.11 bits per heavy atom. The minimum Gasteiger partial charge on any atom is -0.390 e. The van der Waals surface area contributed by atoms with Crippen LogP contribution in [-0.2, 0) is 6.54 Å². The molecule has 3 rings (SSSR count). The van der Waals surface area contributed by atoms with E-state index in [0.717, 1.165) is 19.6 Å². The van der Waals surface area contributed by atoms with Crippen molar-refractivity contribution >= 4 is 0 Å². The molecule has 2 heteroatoms. The Kier molecular flexibility index (Phi) is 3.13. The van der Waals surface area contributed by atoms with E-state index in [-0.39, 0.29) is 6.10 Å². The van der Waals surface area contributed by atoms with Gasteiger partial charge in [-0.1, -0.05) is 54.6 Å². The van der Waals surface area contributed by atoms with Crippen LogP contribution < -0.4 is 0 Å². The minimum absolute atomic E-state index is 0.117. The molecule has 0 spiro atoms. The number of hydrogen-bond donors (Lipinski definition) is 1. The van der Waals surface area contributed by atoms with Crippen molar-refractivity contribution in [2.24, 2.45) is 0 Å². The fraction of sp³-hybridized carbons (Fsp3) is 0.250. The van der Waals surface area contributed by atoms with E-state index in [9.17, 15) is 5.11 Å². The summed E-state index contributed by atoms with van der Waals surface area (Å²) >= 11 is 0. The van der Waals surface area contributed by atoms with E-state index >= 15 is 0 Å². The first-order chi connectivity index (χ1) is 8.81. The van der Waals surface area contributed by atoms with Gasteiger partial charge >= 0.3 is 0 Å². The molecule has 0 saturated carbocycles. The Morgan fingerprint density at radius 1 is 0.889 bits per heavy atom. The van der Waals surface area contributed by atoms with Crippen LogP contribution >= 0.6 is 0 Å². The number of β-amino-alcohol motifs (C(OH)–C–C–N with tert-alkyl or cyclic N) is 1. The summed E-state index contributed by atoms with van der Waals surface area (Å²) in [6, 6.07) is 19.1. The highest BCUT2D eigenvalue weighted by molar-refractivity contribution is 5.63. The van der Waals surface area contributed by atoms with Crippen molar-refractivity contribution in [1.29, 1.82) is 0 Å². The second-order valence-corrected chi connectivity index (χ2v) is 4.91. The lowest BCUT2D eigenvalue weighted by Crippen LogP contribution is -2.49. The second kappa shape index (κ2) is 4.92. The molecule has 1 heterocycles. The van der Waals surface area contributed by atoms with Crippen LogP contribution in [0.25, 0.3) is 11.1 Å². The van der Waals surface area contributed by atoms with Gasteiger partial charge in [0.05, 0.1) is 6.10 Å². The maximum Gasteiger partial charge on any atom is 0.0794 e. The molecule has 1 N–H and O–H groups in total. The Balaban J connectivity index is 1.69. The SMILES string of the molecule is OC1CN(Cc2ccc(-c3ccccc3)cc2)C1. The molecule has 0 aliphatic carbocycles. The molecule has 2 aromatic rings. The number of aliphatic hydroxyl groups excluding tert-OH is 1. The molecule has 18 heavy (non-hydrogen) atoms. The lowest BCUT2D eigenvalue weighted by molar-refractivity contribution is -0.00286. The summed E-state index contributed by atoms with van der Waals surface area (Å²) in [5.41, 5.74) is 3.81. The van der Waals surface area contributed by atoms with Crippen molar-refractivity contribution < 1.29 is 5.11 Å². The molecule has 0 bridgehead atoms. The normalized spacial score (nSPS) is 16.5. The fourth-order valence-electron chi connectivity index (χ4n) is 2.36. The van der Waals surface area contributed by atoms with Gasteiger partial charge in [0.25, 0.3) is 0 Å². The average molecular weight is 239 g/mol. The molecule has 1 saturated heterocycles. The standard InChI is InChI=1S/C16H17NO/c18-16-11-17(12-16)10-13-6-8-15(9-7-13)14-4-2-1-3-5-14/h1-9,16,18H,10-12H2. The zero-order valence-corrected chi connectivity index (χ0v) is 10.3. The van der Waals surface area contributed by atoms with Gasteiger partial charge in [0.2, 0.25) is 0 Å². The van der Waals surface area contributed by atoms with Crippen LogP contribution in [0.15, 0.2) is 54.6 Å². The largest absolute Gasteiger partial charge is 0.390 e. The highest BCUT2D eigenvalue weighted by atomic mass is 16.3. The van der Waals surface area contributed by atoms with Crippen LogP contribution in [0.1, 0.15) is 5.56 Å². The van der Waals surface area contributed by atoms with Crippen LogP contribution in [0.5, 0.6) is 0 Å². The van der Waals surface area contributed by atoms with E-state index < -0.39 is 0 Å². The molecule has 92 valence electrons. The maximum atomic E-state index is 9.25. The van der Waals surface area contributed by atoms with E-state index in [4.69, 9.17) is 0 Å². The Morgan fingerprint density at radius 2 is 1.50 bits per heavy atom. The van der Waals surface area contributed by atoms with Gasteiger partial charge in [-0.25, -0.2) is 0 Å². The fourth-order valence-corrected chi connectivity index (χ4v) is 2.36. The van der Waals surface area contributed by atoms with E-state index in [0.29, 0.717) is 0 Å². The molecule has 2 aromatic carbocycles. The molecule has 0 unspecified atom stereocenters. The summed E-state index contributed by atoms with van der Waals surface area (Å²) in [7, 11) is 0. The summed E-state index contributed by atoms with van der Waals surface area (Å²) in [5.74, 6) is 0. The van der Waals surface area contributed by atoms with Gasteiger partial charge in [-0.2, -0.15) is 0 Å². The highest BCUT2D eigenvalue weighted by Gasteiger charge is 2.23. The van der Waals surface area contributed by atoms with Crippen molar-refractivity contribution in [2.45, 2.75) is 12.6 Å². The van der Waals surface area contributed by atoms with Crippen LogP contribution in [-0.4, -0.2) is 29.2 Å². The van der Waals surface area contributed by atoms with Crippen molar-refractivity contribution in [2.75, 3.05) is 13.1 Å². The summed E-state index contributed by atoms with van der Waals surface area (Å²) in [6.07, 6.45) is -0.117. The highest BCUT2D eigenvalue weighted by Crippen LogP contribution is 2.20. The zero-order valence-electron chi connectivity index (χ0n) is 10.3. The van der Waals surface area contributed by atoms with Crippen LogP contribution in [0.2, 0.25) is 0 Å². The molecule has 1 aliphatic rings. The van der Waals surface area contributed by atoms with E-state index in [1.165, 1.54) is 16.7 Å². The Bertz CT molecular complexity index is 500. The van der Waals surface area contributed by atoms with Gasteiger partial charge in [0, 0.05) is 19.6 Å². The number of aliphatic hydroxyl groups is 1. The molecule has 0 aromatic heterocycles. The first-order valence-corrected chi connectivity index (χ1v) is 6.36. The summed E-state index contributed by atoms with van der Waals surface area (Å²) < 4.78 is 0. The molecule has 0 radical (unpaired) electrons. The van der Waals surface area contributed by atoms with Gasteiger partial charge in [-0.3, -0.25) is 4.90 Å². The summed E-state index contributed by atoms with van der Waals surface area (Å²) in [4.78, 5) is 2.25. The molecule has 2 nitrogen and oxygen atoms in total. The van der Waals surface area contributed by atoms with Crippen molar-refractivity contribution in [3.8, 4) is 11.1 Å². The Hall–Kier alpha value is -1.64. The number of hydrogen-bond acceptors (Lipinski definition) is 2. The third kappa shape index (κ3) is 2.45. The number of rotatable bonds is 3. The lowest BCUT2D eigenvalue weighted by atomic mass is 10.0. The van der Waals surface area contributed by atoms with Gasteiger partial charge in [0.15, 0.2) is 0 Å². The topological polar surface area (TPSA) is 23.5 Å².